The summed E-state index contributed by atoms with van der Waals surface area (Å²) in [5.74, 6) is -1.89. The third kappa shape index (κ3) is 6.85. The number of hydrogen-bond acceptors (Lipinski definition) is 5. The topological polar surface area (TPSA) is 102 Å². The molecule has 1 rings (SSSR count). The van der Waals surface area contributed by atoms with Crippen LogP contribution in [-0.4, -0.2) is 42.8 Å². The molecule has 0 spiro atoms. The van der Waals surface area contributed by atoms with Crippen LogP contribution in [0.25, 0.3) is 0 Å². The standard InChI is InChI=1S/C15H19NO6/c1-2-21-9-10-22-15(20)11-3-5-12(6-4-11)16-13(17)7-8-14(18)19/h3-6H,2,7-10H2,1H3,(H,16,17)(H,18,19). The maximum Gasteiger partial charge on any atom is 0.338 e. The van der Waals surface area contributed by atoms with Gasteiger partial charge in [-0.05, 0) is 31.2 Å². The highest BCUT2D eigenvalue weighted by molar-refractivity contribution is 5.94. The summed E-state index contributed by atoms with van der Waals surface area (Å²) in [5, 5.41) is 11.0. The van der Waals surface area contributed by atoms with Crippen molar-refractivity contribution in [2.45, 2.75) is 19.8 Å². The molecule has 120 valence electrons. The van der Waals surface area contributed by atoms with Crippen LogP contribution in [0, 0.1) is 0 Å². The average molecular weight is 309 g/mol. The minimum absolute atomic E-state index is 0.101. The summed E-state index contributed by atoms with van der Waals surface area (Å²) in [5.41, 5.74) is 0.848. The highest BCUT2D eigenvalue weighted by atomic mass is 16.6. The fourth-order valence-corrected chi connectivity index (χ4v) is 1.55. The van der Waals surface area contributed by atoms with Gasteiger partial charge in [0.15, 0.2) is 0 Å². The molecule has 0 aliphatic rings. The molecule has 0 aromatic heterocycles. The van der Waals surface area contributed by atoms with Crippen LogP contribution in [0.1, 0.15) is 30.1 Å². The molecule has 1 amide bonds. The van der Waals surface area contributed by atoms with E-state index < -0.39 is 17.8 Å². The number of benzene rings is 1. The van der Waals surface area contributed by atoms with E-state index in [1.165, 1.54) is 12.1 Å². The maximum atomic E-state index is 11.7. The lowest BCUT2D eigenvalue weighted by Crippen LogP contribution is -2.13. The molecule has 7 heteroatoms. The molecule has 0 saturated heterocycles. The summed E-state index contributed by atoms with van der Waals surface area (Å²) in [6.45, 7) is 2.94. The Labute approximate surface area is 128 Å². The Morgan fingerprint density at radius 1 is 1.09 bits per heavy atom. The van der Waals surface area contributed by atoms with E-state index in [-0.39, 0.29) is 19.4 Å². The lowest BCUT2D eigenvalue weighted by atomic mass is 10.2. The number of carboxylic acid groups (broad SMARTS) is 1. The Balaban J connectivity index is 2.43. The monoisotopic (exact) mass is 309 g/mol. The molecule has 0 unspecified atom stereocenters. The minimum Gasteiger partial charge on any atom is -0.481 e. The summed E-state index contributed by atoms with van der Waals surface area (Å²) in [6, 6.07) is 6.15. The third-order valence-electron chi connectivity index (χ3n) is 2.64. The maximum absolute atomic E-state index is 11.7. The predicted molar refractivity (Wildman–Crippen MR) is 78.7 cm³/mol. The largest absolute Gasteiger partial charge is 0.481 e. The van der Waals surface area contributed by atoms with Crippen molar-refractivity contribution in [2.75, 3.05) is 25.1 Å². The predicted octanol–water partition coefficient (Wildman–Crippen LogP) is 1.68. The Morgan fingerprint density at radius 2 is 1.77 bits per heavy atom. The molecule has 2 N–H and O–H groups in total. The van der Waals surface area contributed by atoms with Crippen LogP contribution in [0.2, 0.25) is 0 Å². The highest BCUT2D eigenvalue weighted by Gasteiger charge is 2.09. The molecular formula is C15H19NO6. The van der Waals surface area contributed by atoms with Crippen molar-refractivity contribution in [2.24, 2.45) is 0 Å². The SMILES string of the molecule is CCOCCOC(=O)c1ccc(NC(=O)CCC(=O)O)cc1. The first kappa shape index (κ1) is 17.6. The van der Waals surface area contributed by atoms with Gasteiger partial charge in [0.2, 0.25) is 5.91 Å². The number of anilines is 1. The zero-order chi connectivity index (χ0) is 16.4. The normalized spacial score (nSPS) is 10.0. The lowest BCUT2D eigenvalue weighted by Gasteiger charge is -2.07. The highest BCUT2D eigenvalue weighted by Crippen LogP contribution is 2.11. The van der Waals surface area contributed by atoms with Gasteiger partial charge in [0, 0.05) is 18.7 Å². The van der Waals surface area contributed by atoms with E-state index in [2.05, 4.69) is 5.32 Å². The average Bonchev–Trinajstić information content (AvgIpc) is 2.50. The van der Waals surface area contributed by atoms with Gasteiger partial charge in [-0.25, -0.2) is 4.79 Å². The first-order chi connectivity index (χ1) is 10.5. The molecule has 0 saturated carbocycles. The number of esters is 1. The number of amides is 1. The molecule has 1 aromatic rings. The fourth-order valence-electron chi connectivity index (χ4n) is 1.55. The van der Waals surface area contributed by atoms with Crippen molar-refractivity contribution >= 4 is 23.5 Å². The molecule has 0 atom stereocenters. The zero-order valence-electron chi connectivity index (χ0n) is 12.3. The number of hydrogen-bond donors (Lipinski definition) is 2. The van der Waals surface area contributed by atoms with Crippen molar-refractivity contribution in [3.63, 3.8) is 0 Å². The van der Waals surface area contributed by atoms with E-state index in [0.29, 0.717) is 24.5 Å². The van der Waals surface area contributed by atoms with Gasteiger partial charge >= 0.3 is 11.9 Å². The van der Waals surface area contributed by atoms with Crippen LogP contribution >= 0.6 is 0 Å². The van der Waals surface area contributed by atoms with Crippen LogP contribution in [0.3, 0.4) is 0 Å². The molecular weight excluding hydrogens is 290 g/mol. The van der Waals surface area contributed by atoms with Crippen LogP contribution in [0.15, 0.2) is 24.3 Å². The second-order valence-corrected chi connectivity index (χ2v) is 4.35. The zero-order valence-corrected chi connectivity index (χ0v) is 12.3. The van der Waals surface area contributed by atoms with Gasteiger partial charge in [0.1, 0.15) is 6.61 Å². The Bertz CT molecular complexity index is 511. The summed E-state index contributed by atoms with van der Waals surface area (Å²) in [6.07, 6.45) is -0.327. The Hall–Kier alpha value is -2.41. The van der Waals surface area contributed by atoms with Crippen molar-refractivity contribution in [1.82, 2.24) is 0 Å². The molecule has 7 nitrogen and oxygen atoms in total. The number of ether oxygens (including phenoxy) is 2. The molecule has 22 heavy (non-hydrogen) atoms. The number of carbonyl (C=O) groups excluding carboxylic acids is 2. The second-order valence-electron chi connectivity index (χ2n) is 4.35. The van der Waals surface area contributed by atoms with Crippen molar-refractivity contribution in [3.05, 3.63) is 29.8 Å². The number of rotatable bonds is 9. The van der Waals surface area contributed by atoms with Crippen LogP contribution in [0.4, 0.5) is 5.69 Å². The molecule has 0 fully saturated rings. The van der Waals surface area contributed by atoms with Crippen LogP contribution in [0.5, 0.6) is 0 Å². The van der Waals surface area contributed by atoms with E-state index >= 15 is 0 Å². The van der Waals surface area contributed by atoms with Crippen molar-refractivity contribution < 1.29 is 29.0 Å². The fraction of sp³-hybridized carbons (Fsp3) is 0.400. The number of carbonyl (C=O) groups is 3. The summed E-state index contributed by atoms with van der Waals surface area (Å²) in [4.78, 5) is 33.5. The molecule has 0 heterocycles. The van der Waals surface area contributed by atoms with Crippen LogP contribution in [-0.2, 0) is 19.1 Å². The Morgan fingerprint density at radius 3 is 2.36 bits per heavy atom. The van der Waals surface area contributed by atoms with Crippen molar-refractivity contribution in [1.29, 1.82) is 0 Å². The van der Waals surface area contributed by atoms with Crippen molar-refractivity contribution in [3.8, 4) is 0 Å². The number of carboxylic acids is 1. The van der Waals surface area contributed by atoms with E-state index in [0.717, 1.165) is 0 Å². The molecule has 0 aliphatic carbocycles. The molecule has 1 aromatic carbocycles. The van der Waals surface area contributed by atoms with E-state index in [4.69, 9.17) is 14.6 Å². The summed E-state index contributed by atoms with van der Waals surface area (Å²) < 4.78 is 10.1. The van der Waals surface area contributed by atoms with Crippen LogP contribution < -0.4 is 5.32 Å². The number of nitrogens with one attached hydrogen (secondary N) is 1. The second kappa shape index (κ2) is 9.51. The number of aliphatic carboxylic acids is 1. The Kier molecular flexibility index (Phi) is 7.63. The van der Waals surface area contributed by atoms with Gasteiger partial charge in [-0.1, -0.05) is 0 Å². The first-order valence-corrected chi connectivity index (χ1v) is 6.89. The summed E-state index contributed by atoms with van der Waals surface area (Å²) in [7, 11) is 0. The van der Waals surface area contributed by atoms with E-state index in [1.54, 1.807) is 12.1 Å². The molecule has 0 bridgehead atoms. The van der Waals surface area contributed by atoms with Gasteiger partial charge in [0.05, 0.1) is 18.6 Å². The van der Waals surface area contributed by atoms with Gasteiger partial charge in [0.25, 0.3) is 0 Å². The van der Waals surface area contributed by atoms with Gasteiger partial charge in [-0.15, -0.1) is 0 Å². The van der Waals surface area contributed by atoms with Gasteiger partial charge in [-0.2, -0.15) is 0 Å². The van der Waals surface area contributed by atoms with E-state index in [1.807, 2.05) is 6.92 Å². The molecule has 0 radical (unpaired) electrons. The minimum atomic E-state index is -1.03. The smallest absolute Gasteiger partial charge is 0.338 e. The van der Waals surface area contributed by atoms with Gasteiger partial charge < -0.3 is 19.9 Å². The van der Waals surface area contributed by atoms with E-state index in [9.17, 15) is 14.4 Å². The molecule has 0 aliphatic heterocycles. The third-order valence-corrected chi connectivity index (χ3v) is 2.64. The quantitative estimate of drug-likeness (QED) is 0.531. The summed E-state index contributed by atoms with van der Waals surface area (Å²) >= 11 is 0. The first-order valence-electron chi connectivity index (χ1n) is 6.89. The lowest BCUT2D eigenvalue weighted by molar-refractivity contribution is -0.138. The van der Waals surface area contributed by atoms with Gasteiger partial charge in [-0.3, -0.25) is 9.59 Å².